The van der Waals surface area contributed by atoms with Gasteiger partial charge >= 0.3 is 0 Å². The van der Waals surface area contributed by atoms with E-state index < -0.39 is 5.91 Å². The first-order valence-corrected chi connectivity index (χ1v) is 4.34. The van der Waals surface area contributed by atoms with Crippen LogP contribution in [0.1, 0.15) is 29.4 Å². The average Bonchev–Trinajstić information content (AvgIpc) is 2.15. The minimum atomic E-state index is -0.539. The lowest BCUT2D eigenvalue weighted by atomic mass is 10.1. The Morgan fingerprint density at radius 2 is 2.14 bits per heavy atom. The summed E-state index contributed by atoms with van der Waals surface area (Å²) in [6.07, 6.45) is 2.72. The van der Waals surface area contributed by atoms with Crippen LogP contribution in [-0.4, -0.2) is 16.7 Å². The molecular formula is C10H12N2O2. The van der Waals surface area contributed by atoms with Gasteiger partial charge in [0.15, 0.2) is 0 Å². The highest BCUT2D eigenvalue weighted by molar-refractivity contribution is 5.90. The summed E-state index contributed by atoms with van der Waals surface area (Å²) in [6.45, 7) is 1.55. The Hall–Kier alpha value is -1.71. The maximum absolute atomic E-state index is 10.7. The molecule has 74 valence electrons. The zero-order valence-corrected chi connectivity index (χ0v) is 7.99. The summed E-state index contributed by atoms with van der Waals surface area (Å²) < 4.78 is 0. The molecule has 2 N–H and O–H groups in total. The third-order valence-corrected chi connectivity index (χ3v) is 1.84. The van der Waals surface area contributed by atoms with Gasteiger partial charge in [-0.05, 0) is 25.0 Å². The van der Waals surface area contributed by atoms with Crippen LogP contribution in [0, 0.1) is 0 Å². The van der Waals surface area contributed by atoms with E-state index in [2.05, 4.69) is 4.98 Å². The van der Waals surface area contributed by atoms with Crippen LogP contribution in [0.4, 0.5) is 0 Å². The number of aryl methyl sites for hydroxylation is 1. The molecule has 0 aliphatic rings. The lowest BCUT2D eigenvalue weighted by Crippen LogP contribution is -2.12. The Labute approximate surface area is 82.1 Å². The van der Waals surface area contributed by atoms with Crippen molar-refractivity contribution >= 4 is 11.7 Å². The fourth-order valence-corrected chi connectivity index (χ4v) is 1.04. The fraction of sp³-hybridized carbons (Fsp3) is 0.300. The van der Waals surface area contributed by atoms with E-state index in [4.69, 9.17) is 5.73 Å². The molecule has 0 aliphatic heterocycles. The van der Waals surface area contributed by atoms with Crippen LogP contribution in [-0.2, 0) is 11.2 Å². The van der Waals surface area contributed by atoms with Crippen LogP contribution in [0.2, 0.25) is 0 Å². The molecule has 0 atom stereocenters. The molecule has 0 saturated carbocycles. The number of aromatic nitrogens is 1. The van der Waals surface area contributed by atoms with E-state index in [0.29, 0.717) is 12.8 Å². The van der Waals surface area contributed by atoms with Gasteiger partial charge in [-0.1, -0.05) is 6.07 Å². The van der Waals surface area contributed by atoms with Gasteiger partial charge in [-0.15, -0.1) is 0 Å². The number of carbonyl (C=O) groups is 2. The van der Waals surface area contributed by atoms with Crippen LogP contribution in [0.5, 0.6) is 0 Å². The molecule has 0 aromatic carbocycles. The van der Waals surface area contributed by atoms with Gasteiger partial charge in [0, 0.05) is 12.6 Å². The number of hydrogen-bond donors (Lipinski definition) is 1. The van der Waals surface area contributed by atoms with Gasteiger partial charge in [0.05, 0.1) is 0 Å². The van der Waals surface area contributed by atoms with E-state index in [1.54, 1.807) is 25.3 Å². The number of primary amides is 1. The van der Waals surface area contributed by atoms with Gasteiger partial charge in [-0.2, -0.15) is 0 Å². The maximum atomic E-state index is 10.7. The summed E-state index contributed by atoms with van der Waals surface area (Å²) in [7, 11) is 0. The normalized spacial score (nSPS) is 9.79. The molecule has 0 fully saturated rings. The number of nitrogens with two attached hydrogens (primary N) is 1. The number of amides is 1. The number of rotatable bonds is 4. The van der Waals surface area contributed by atoms with Crippen LogP contribution in [0.15, 0.2) is 18.3 Å². The summed E-state index contributed by atoms with van der Waals surface area (Å²) in [5, 5.41) is 0. The summed E-state index contributed by atoms with van der Waals surface area (Å²) in [5.74, 6) is -0.396. The summed E-state index contributed by atoms with van der Waals surface area (Å²) in [4.78, 5) is 25.3. The fourth-order valence-electron chi connectivity index (χ4n) is 1.04. The van der Waals surface area contributed by atoms with E-state index in [1.807, 2.05) is 0 Å². The molecule has 14 heavy (non-hydrogen) atoms. The minimum absolute atomic E-state index is 0.143. The van der Waals surface area contributed by atoms with E-state index in [-0.39, 0.29) is 11.5 Å². The monoisotopic (exact) mass is 192 g/mol. The molecule has 1 rings (SSSR count). The van der Waals surface area contributed by atoms with E-state index in [1.165, 1.54) is 0 Å². The van der Waals surface area contributed by atoms with Crippen molar-refractivity contribution in [2.45, 2.75) is 19.8 Å². The van der Waals surface area contributed by atoms with Crippen molar-refractivity contribution in [3.63, 3.8) is 0 Å². The predicted octanol–water partition coefficient (Wildman–Crippen LogP) is 0.702. The lowest BCUT2D eigenvalue weighted by molar-refractivity contribution is -0.116. The average molecular weight is 192 g/mol. The Morgan fingerprint density at radius 3 is 2.57 bits per heavy atom. The molecule has 1 aromatic rings. The van der Waals surface area contributed by atoms with Gasteiger partial charge in [-0.3, -0.25) is 9.78 Å². The molecule has 0 radical (unpaired) electrons. The second-order valence-electron chi connectivity index (χ2n) is 3.12. The molecule has 0 bridgehead atoms. The first kappa shape index (κ1) is 10.4. The van der Waals surface area contributed by atoms with Gasteiger partial charge in [0.2, 0.25) is 0 Å². The van der Waals surface area contributed by atoms with Crippen molar-refractivity contribution in [3.8, 4) is 0 Å². The zero-order chi connectivity index (χ0) is 10.6. The largest absolute Gasteiger partial charge is 0.364 e. The van der Waals surface area contributed by atoms with Crippen LogP contribution in [0.25, 0.3) is 0 Å². The Balaban J connectivity index is 2.64. The standard InChI is InChI=1S/C10H12N2O2/c1-7(13)2-3-8-4-5-9(10(11)14)12-6-8/h4-6H,2-3H2,1H3,(H2,11,14). The van der Waals surface area contributed by atoms with E-state index in [9.17, 15) is 9.59 Å². The highest BCUT2D eigenvalue weighted by atomic mass is 16.1. The van der Waals surface area contributed by atoms with E-state index >= 15 is 0 Å². The number of ketones is 1. The van der Waals surface area contributed by atoms with Gasteiger partial charge in [0.25, 0.3) is 5.91 Å². The zero-order valence-electron chi connectivity index (χ0n) is 7.99. The summed E-state index contributed by atoms with van der Waals surface area (Å²) >= 11 is 0. The Morgan fingerprint density at radius 1 is 1.43 bits per heavy atom. The molecule has 0 spiro atoms. The second kappa shape index (κ2) is 4.50. The highest BCUT2D eigenvalue weighted by Gasteiger charge is 2.02. The second-order valence-corrected chi connectivity index (χ2v) is 3.12. The quantitative estimate of drug-likeness (QED) is 0.763. The topological polar surface area (TPSA) is 73.1 Å². The van der Waals surface area contributed by atoms with Crippen molar-refractivity contribution in [1.29, 1.82) is 0 Å². The SMILES string of the molecule is CC(=O)CCc1ccc(C(N)=O)nc1. The van der Waals surface area contributed by atoms with Crippen LogP contribution < -0.4 is 5.73 Å². The smallest absolute Gasteiger partial charge is 0.267 e. The molecule has 0 aliphatic carbocycles. The number of nitrogens with zero attached hydrogens (tertiary/aromatic N) is 1. The van der Waals surface area contributed by atoms with Gasteiger partial charge in [-0.25, -0.2) is 0 Å². The molecule has 4 nitrogen and oxygen atoms in total. The van der Waals surface area contributed by atoms with Crippen molar-refractivity contribution < 1.29 is 9.59 Å². The minimum Gasteiger partial charge on any atom is -0.364 e. The van der Waals surface area contributed by atoms with E-state index in [0.717, 1.165) is 5.56 Å². The van der Waals surface area contributed by atoms with Crippen molar-refractivity contribution in [3.05, 3.63) is 29.6 Å². The third kappa shape index (κ3) is 2.97. The van der Waals surface area contributed by atoms with Crippen LogP contribution >= 0.6 is 0 Å². The summed E-state index contributed by atoms with van der Waals surface area (Å²) in [6, 6.07) is 3.33. The molecule has 1 amide bonds. The molecular weight excluding hydrogens is 180 g/mol. The molecule has 0 saturated heterocycles. The number of pyridine rings is 1. The van der Waals surface area contributed by atoms with Crippen molar-refractivity contribution in [2.24, 2.45) is 5.73 Å². The third-order valence-electron chi connectivity index (χ3n) is 1.84. The first-order valence-electron chi connectivity index (χ1n) is 4.34. The lowest BCUT2D eigenvalue weighted by Gasteiger charge is -1.99. The molecule has 4 heteroatoms. The van der Waals surface area contributed by atoms with Crippen molar-refractivity contribution in [1.82, 2.24) is 4.98 Å². The molecule has 1 aromatic heterocycles. The number of Topliss-reactive ketones (excluding diaryl/α,β-unsaturated/α-hetero) is 1. The highest BCUT2D eigenvalue weighted by Crippen LogP contribution is 2.03. The summed E-state index contributed by atoms with van der Waals surface area (Å²) in [5.41, 5.74) is 6.21. The molecule has 1 heterocycles. The maximum Gasteiger partial charge on any atom is 0.267 e. The predicted molar refractivity (Wildman–Crippen MR) is 51.8 cm³/mol. The Kier molecular flexibility index (Phi) is 3.34. The molecule has 0 unspecified atom stereocenters. The number of hydrogen-bond acceptors (Lipinski definition) is 3. The van der Waals surface area contributed by atoms with Crippen molar-refractivity contribution in [2.75, 3.05) is 0 Å². The van der Waals surface area contributed by atoms with Gasteiger partial charge < -0.3 is 10.5 Å². The van der Waals surface area contributed by atoms with Gasteiger partial charge in [0.1, 0.15) is 11.5 Å². The number of carbonyl (C=O) groups excluding carboxylic acids is 2. The first-order chi connectivity index (χ1) is 6.59. The Bertz CT molecular complexity index is 344. The van der Waals surface area contributed by atoms with Crippen LogP contribution in [0.3, 0.4) is 0 Å².